The number of nitrogens with zero attached hydrogens (tertiary/aromatic N) is 6. The van der Waals surface area contributed by atoms with E-state index in [4.69, 9.17) is 9.47 Å². The molecule has 176 valence electrons. The third-order valence-electron chi connectivity index (χ3n) is 5.96. The lowest BCUT2D eigenvalue weighted by atomic mass is 10.1. The summed E-state index contributed by atoms with van der Waals surface area (Å²) in [5, 5.41) is 4.36. The zero-order chi connectivity index (χ0) is 24.0. The number of amides is 2. The van der Waals surface area contributed by atoms with Crippen molar-refractivity contribution in [2.45, 2.75) is 57.8 Å². The van der Waals surface area contributed by atoms with E-state index in [9.17, 15) is 14.4 Å². The smallest absolute Gasteiger partial charge is 0.410 e. The molecule has 0 unspecified atom stereocenters. The number of fused-ring (bicyclic) bond motifs is 1. The monoisotopic (exact) mass is 456 g/mol. The van der Waals surface area contributed by atoms with Crippen molar-refractivity contribution in [3.63, 3.8) is 0 Å². The van der Waals surface area contributed by atoms with E-state index < -0.39 is 23.2 Å². The number of hydrogen-bond acceptors (Lipinski definition) is 8. The molecule has 33 heavy (non-hydrogen) atoms. The second kappa shape index (κ2) is 8.13. The van der Waals surface area contributed by atoms with Gasteiger partial charge < -0.3 is 19.3 Å². The van der Waals surface area contributed by atoms with Crippen LogP contribution >= 0.6 is 0 Å². The maximum atomic E-state index is 13.5. The fraction of sp³-hybridized carbons (Fsp3) is 0.545. The van der Waals surface area contributed by atoms with Crippen LogP contribution in [0.15, 0.2) is 18.6 Å². The summed E-state index contributed by atoms with van der Waals surface area (Å²) in [4.78, 5) is 49.5. The Morgan fingerprint density at radius 1 is 1.15 bits per heavy atom. The Labute approximate surface area is 191 Å². The first-order valence-electron chi connectivity index (χ1n) is 10.8. The molecule has 2 aliphatic rings. The molecular formula is C22H28N6O5. The predicted molar refractivity (Wildman–Crippen MR) is 115 cm³/mol. The number of carbonyl (C=O) groups excluding carboxylic acids is 3. The zero-order valence-corrected chi connectivity index (χ0v) is 19.5. The Bertz CT molecular complexity index is 1100. The predicted octanol–water partition coefficient (Wildman–Crippen LogP) is 1.97. The summed E-state index contributed by atoms with van der Waals surface area (Å²) >= 11 is 0. The van der Waals surface area contributed by atoms with E-state index in [2.05, 4.69) is 15.1 Å². The lowest BCUT2D eigenvalue weighted by Gasteiger charge is -2.32. The highest BCUT2D eigenvalue weighted by atomic mass is 16.6. The maximum Gasteiger partial charge on any atom is 0.410 e. The van der Waals surface area contributed by atoms with Crippen molar-refractivity contribution in [2.75, 3.05) is 20.7 Å². The number of carbonyl (C=O) groups is 3. The molecule has 1 aliphatic carbocycles. The van der Waals surface area contributed by atoms with Crippen molar-refractivity contribution in [3.05, 3.63) is 41.2 Å². The molecular weight excluding hydrogens is 428 g/mol. The van der Waals surface area contributed by atoms with Crippen LogP contribution in [0.2, 0.25) is 0 Å². The number of esters is 1. The quantitative estimate of drug-likeness (QED) is 0.641. The van der Waals surface area contributed by atoms with Crippen LogP contribution < -0.4 is 0 Å². The van der Waals surface area contributed by atoms with E-state index in [1.807, 2.05) is 20.8 Å². The van der Waals surface area contributed by atoms with Crippen LogP contribution in [0.3, 0.4) is 0 Å². The molecule has 0 radical (unpaired) electrons. The number of ether oxygens (including phenoxy) is 2. The number of aromatic nitrogens is 4. The minimum Gasteiger partial charge on any atom is -0.464 e. The largest absolute Gasteiger partial charge is 0.464 e. The lowest BCUT2D eigenvalue weighted by molar-refractivity contribution is 0.0192. The van der Waals surface area contributed by atoms with E-state index in [-0.39, 0.29) is 18.1 Å². The standard InChI is InChI=1S/C22H28N6O5/c1-21(2,3)33-20(31)27-8-9-28-16(12-27)14(11-25-28)18(29)26(4)22(6-7-22)17-10-15(19(30)32-5)23-13-24-17/h10-11,13H,6-9,12H2,1-5H3. The van der Waals surface area contributed by atoms with E-state index in [1.54, 1.807) is 33.8 Å². The minimum atomic E-state index is -0.628. The molecule has 0 bridgehead atoms. The SMILES string of the molecule is COC(=O)c1cc(C2(N(C)C(=O)c3cnn4c3CN(C(=O)OC(C)(C)C)CC4)CC2)ncn1. The minimum absolute atomic E-state index is 0.144. The van der Waals surface area contributed by atoms with Gasteiger partial charge in [-0.2, -0.15) is 5.10 Å². The highest BCUT2D eigenvalue weighted by Gasteiger charge is 2.52. The van der Waals surface area contributed by atoms with Crippen LogP contribution in [0.25, 0.3) is 0 Å². The number of rotatable bonds is 4. The van der Waals surface area contributed by atoms with Crippen LogP contribution in [-0.4, -0.2) is 73.8 Å². The van der Waals surface area contributed by atoms with Gasteiger partial charge in [-0.3, -0.25) is 9.48 Å². The Hall–Kier alpha value is -3.50. The first kappa shape index (κ1) is 22.7. The normalized spacial score (nSPS) is 16.6. The lowest BCUT2D eigenvalue weighted by Crippen LogP contribution is -2.43. The van der Waals surface area contributed by atoms with Gasteiger partial charge in [0, 0.05) is 13.6 Å². The highest BCUT2D eigenvalue weighted by Crippen LogP contribution is 2.50. The third kappa shape index (κ3) is 4.27. The molecule has 11 nitrogen and oxygen atoms in total. The first-order valence-corrected chi connectivity index (χ1v) is 10.8. The molecule has 0 saturated heterocycles. The van der Waals surface area contributed by atoms with Crippen molar-refractivity contribution in [3.8, 4) is 0 Å². The van der Waals surface area contributed by atoms with Gasteiger partial charge in [-0.1, -0.05) is 0 Å². The second-order valence-electron chi connectivity index (χ2n) is 9.31. The number of methoxy groups -OCH3 is 1. The topological polar surface area (TPSA) is 120 Å². The molecule has 0 N–H and O–H groups in total. The van der Waals surface area contributed by atoms with Gasteiger partial charge in [0.25, 0.3) is 5.91 Å². The van der Waals surface area contributed by atoms with Gasteiger partial charge >= 0.3 is 12.1 Å². The van der Waals surface area contributed by atoms with Crippen molar-refractivity contribution in [1.82, 2.24) is 29.5 Å². The summed E-state index contributed by atoms with van der Waals surface area (Å²) in [5.74, 6) is -0.783. The molecule has 1 fully saturated rings. The average molecular weight is 457 g/mol. The third-order valence-corrected chi connectivity index (χ3v) is 5.96. The van der Waals surface area contributed by atoms with Crippen LogP contribution in [0, 0.1) is 0 Å². The molecule has 3 heterocycles. The Kier molecular flexibility index (Phi) is 5.59. The average Bonchev–Trinajstić information content (AvgIpc) is 3.49. The summed E-state index contributed by atoms with van der Waals surface area (Å²) in [7, 11) is 3.00. The summed E-state index contributed by atoms with van der Waals surface area (Å²) in [5.41, 5.74) is 0.594. The molecule has 1 aliphatic heterocycles. The van der Waals surface area contributed by atoms with E-state index in [1.165, 1.54) is 13.4 Å². The summed E-state index contributed by atoms with van der Waals surface area (Å²) in [6.45, 7) is 6.61. The number of hydrogen-bond donors (Lipinski definition) is 0. The van der Waals surface area contributed by atoms with E-state index in [0.29, 0.717) is 42.9 Å². The van der Waals surface area contributed by atoms with Gasteiger partial charge in [-0.15, -0.1) is 0 Å². The van der Waals surface area contributed by atoms with Crippen molar-refractivity contribution >= 4 is 18.0 Å². The molecule has 0 spiro atoms. The van der Waals surface area contributed by atoms with Gasteiger partial charge in [-0.25, -0.2) is 19.6 Å². The van der Waals surface area contributed by atoms with Crippen molar-refractivity contribution in [1.29, 1.82) is 0 Å². The van der Waals surface area contributed by atoms with Crippen LogP contribution in [0.1, 0.15) is 65.8 Å². The Balaban J connectivity index is 1.56. The first-order chi connectivity index (χ1) is 15.6. The van der Waals surface area contributed by atoms with Gasteiger partial charge in [0.05, 0.1) is 48.9 Å². The van der Waals surface area contributed by atoms with Gasteiger partial charge in [-0.05, 0) is 39.7 Å². The maximum absolute atomic E-state index is 13.5. The van der Waals surface area contributed by atoms with Crippen molar-refractivity contribution in [2.24, 2.45) is 0 Å². The molecule has 2 aromatic rings. The van der Waals surface area contributed by atoms with Crippen LogP contribution in [0.4, 0.5) is 4.79 Å². The Morgan fingerprint density at radius 2 is 1.88 bits per heavy atom. The van der Waals surface area contributed by atoms with Gasteiger partial charge in [0.15, 0.2) is 5.69 Å². The highest BCUT2D eigenvalue weighted by molar-refractivity contribution is 5.96. The molecule has 0 aromatic carbocycles. The summed E-state index contributed by atoms with van der Waals surface area (Å²) in [6, 6.07) is 1.57. The molecule has 4 rings (SSSR count). The van der Waals surface area contributed by atoms with Gasteiger partial charge in [0.2, 0.25) is 0 Å². The molecule has 0 atom stereocenters. The summed E-state index contributed by atoms with van der Waals surface area (Å²) in [6.07, 6.45) is 3.85. The second-order valence-corrected chi connectivity index (χ2v) is 9.31. The van der Waals surface area contributed by atoms with Crippen LogP contribution in [-0.2, 0) is 28.1 Å². The molecule has 2 amide bonds. The zero-order valence-electron chi connectivity index (χ0n) is 19.5. The van der Waals surface area contributed by atoms with E-state index >= 15 is 0 Å². The molecule has 1 saturated carbocycles. The fourth-order valence-corrected chi connectivity index (χ4v) is 3.99. The van der Waals surface area contributed by atoms with E-state index in [0.717, 1.165) is 0 Å². The van der Waals surface area contributed by atoms with Crippen molar-refractivity contribution < 1.29 is 23.9 Å². The Morgan fingerprint density at radius 3 is 2.52 bits per heavy atom. The fourth-order valence-electron chi connectivity index (χ4n) is 3.99. The molecule has 2 aromatic heterocycles. The van der Waals surface area contributed by atoms with Crippen LogP contribution in [0.5, 0.6) is 0 Å². The summed E-state index contributed by atoms with van der Waals surface area (Å²) < 4.78 is 12.0. The van der Waals surface area contributed by atoms with Gasteiger partial charge in [0.1, 0.15) is 11.9 Å². The molecule has 11 heteroatoms.